The van der Waals surface area contributed by atoms with E-state index in [0.29, 0.717) is 22.1 Å². The Morgan fingerprint density at radius 2 is 1.70 bits per heavy atom. The highest BCUT2D eigenvalue weighted by molar-refractivity contribution is 7.91. The molecule has 9 heteroatoms. The molecule has 0 bridgehead atoms. The second kappa shape index (κ2) is 7.89. The fourth-order valence-corrected chi connectivity index (χ4v) is 4.35. The maximum Gasteiger partial charge on any atom is 0.255 e. The first-order valence-corrected chi connectivity index (χ1v) is 10.6. The smallest absolute Gasteiger partial charge is 0.255 e. The summed E-state index contributed by atoms with van der Waals surface area (Å²) in [6.45, 7) is 0.0994. The van der Waals surface area contributed by atoms with Crippen LogP contribution < -0.4 is 19.5 Å². The van der Waals surface area contributed by atoms with E-state index in [-0.39, 0.29) is 28.0 Å². The lowest BCUT2D eigenvalue weighted by Gasteiger charge is -2.12. The second-order valence-corrected chi connectivity index (χ2v) is 8.76. The molecule has 0 aromatic heterocycles. The molecule has 0 saturated heterocycles. The van der Waals surface area contributed by atoms with Crippen LogP contribution in [0.15, 0.2) is 70.5 Å². The van der Waals surface area contributed by atoms with Crippen molar-refractivity contribution in [2.75, 3.05) is 19.2 Å². The minimum atomic E-state index is -3.85. The molecule has 0 unspecified atom stereocenters. The van der Waals surface area contributed by atoms with Gasteiger partial charge < -0.3 is 19.5 Å². The molecule has 154 valence electrons. The highest BCUT2D eigenvalue weighted by Gasteiger charge is 2.21. The molecule has 1 amide bonds. The van der Waals surface area contributed by atoms with Crippen LogP contribution in [0, 0.1) is 0 Å². The van der Waals surface area contributed by atoms with Crippen LogP contribution in [0.5, 0.6) is 17.2 Å². The van der Waals surface area contributed by atoms with Crippen molar-refractivity contribution in [3.63, 3.8) is 0 Å². The van der Waals surface area contributed by atoms with E-state index in [4.69, 9.17) is 25.8 Å². The number of amides is 1. The predicted molar refractivity (Wildman–Crippen MR) is 110 cm³/mol. The zero-order valence-corrected chi connectivity index (χ0v) is 17.3. The summed E-state index contributed by atoms with van der Waals surface area (Å²) in [5.41, 5.74) is 0.605. The van der Waals surface area contributed by atoms with Gasteiger partial charge in [0.25, 0.3) is 5.91 Å². The SMILES string of the molecule is COc1cc(NC(=O)c2ccc3c(c2)OCO3)cc(S(=O)(=O)c2ccc(Cl)cc2)c1. The number of rotatable bonds is 5. The van der Waals surface area contributed by atoms with Crippen molar-refractivity contribution in [1.82, 2.24) is 0 Å². The molecule has 1 N–H and O–H groups in total. The summed E-state index contributed by atoms with van der Waals surface area (Å²) in [6.07, 6.45) is 0. The van der Waals surface area contributed by atoms with Crippen LogP contribution in [-0.2, 0) is 9.84 Å². The van der Waals surface area contributed by atoms with Crippen molar-refractivity contribution in [3.05, 3.63) is 71.2 Å². The predicted octanol–water partition coefficient (Wildman–Crippen LogP) is 4.16. The first-order chi connectivity index (χ1) is 14.4. The van der Waals surface area contributed by atoms with E-state index >= 15 is 0 Å². The largest absolute Gasteiger partial charge is 0.497 e. The third kappa shape index (κ3) is 3.92. The molecule has 3 aromatic carbocycles. The molecule has 3 aromatic rings. The van der Waals surface area contributed by atoms with E-state index in [1.807, 2.05) is 0 Å². The van der Waals surface area contributed by atoms with Crippen molar-refractivity contribution in [1.29, 1.82) is 0 Å². The Morgan fingerprint density at radius 1 is 0.967 bits per heavy atom. The molecular weight excluding hydrogens is 430 g/mol. The molecule has 0 radical (unpaired) electrons. The molecule has 0 spiro atoms. The lowest BCUT2D eigenvalue weighted by molar-refractivity contribution is 0.102. The molecular formula is C21H16ClNO6S. The van der Waals surface area contributed by atoms with Crippen molar-refractivity contribution >= 4 is 33.0 Å². The normalized spacial score (nSPS) is 12.5. The van der Waals surface area contributed by atoms with E-state index in [1.54, 1.807) is 18.2 Å². The van der Waals surface area contributed by atoms with Crippen LogP contribution in [-0.4, -0.2) is 28.2 Å². The van der Waals surface area contributed by atoms with Crippen LogP contribution in [0.3, 0.4) is 0 Å². The number of halogens is 1. The van der Waals surface area contributed by atoms with Crippen LogP contribution in [0.25, 0.3) is 0 Å². The number of methoxy groups -OCH3 is 1. The van der Waals surface area contributed by atoms with E-state index in [2.05, 4.69) is 5.32 Å². The third-order valence-corrected chi connectivity index (χ3v) is 6.44. The van der Waals surface area contributed by atoms with Gasteiger partial charge in [0.15, 0.2) is 11.5 Å². The van der Waals surface area contributed by atoms with E-state index in [0.717, 1.165) is 0 Å². The molecule has 0 atom stereocenters. The molecule has 0 fully saturated rings. The maximum absolute atomic E-state index is 13.0. The molecule has 4 rings (SSSR count). The number of sulfone groups is 1. The molecule has 1 heterocycles. The molecule has 30 heavy (non-hydrogen) atoms. The number of hydrogen-bond acceptors (Lipinski definition) is 6. The third-order valence-electron chi connectivity index (χ3n) is 4.44. The summed E-state index contributed by atoms with van der Waals surface area (Å²) in [7, 11) is -2.43. The van der Waals surface area contributed by atoms with Gasteiger partial charge in [-0.05, 0) is 54.6 Å². The summed E-state index contributed by atoms with van der Waals surface area (Å²) in [6, 6.07) is 14.9. The standard InChI is InChI=1S/C21H16ClNO6S/c1-27-16-9-15(23-21(24)13-2-7-19-20(8-13)29-12-28-19)10-18(11-16)30(25,26)17-5-3-14(22)4-6-17/h2-11H,12H2,1H3,(H,23,24). The van der Waals surface area contributed by atoms with Crippen molar-refractivity contribution < 1.29 is 27.4 Å². The Hall–Kier alpha value is -3.23. The Morgan fingerprint density at radius 3 is 2.43 bits per heavy atom. The number of anilines is 1. The van der Waals surface area contributed by atoms with Crippen molar-refractivity contribution in [3.8, 4) is 17.2 Å². The zero-order valence-electron chi connectivity index (χ0n) is 15.7. The molecule has 0 aliphatic carbocycles. The van der Waals surface area contributed by atoms with Gasteiger partial charge in [-0.15, -0.1) is 0 Å². The van der Waals surface area contributed by atoms with Gasteiger partial charge in [0.2, 0.25) is 16.6 Å². The number of hydrogen-bond donors (Lipinski definition) is 1. The number of nitrogens with one attached hydrogen (secondary N) is 1. The monoisotopic (exact) mass is 445 g/mol. The Kier molecular flexibility index (Phi) is 5.27. The average molecular weight is 446 g/mol. The summed E-state index contributed by atoms with van der Waals surface area (Å²) >= 11 is 5.85. The fourth-order valence-electron chi connectivity index (χ4n) is 2.91. The lowest BCUT2D eigenvalue weighted by Crippen LogP contribution is -2.12. The minimum Gasteiger partial charge on any atom is -0.497 e. The highest BCUT2D eigenvalue weighted by atomic mass is 35.5. The topological polar surface area (TPSA) is 90.9 Å². The van der Waals surface area contributed by atoms with E-state index in [9.17, 15) is 13.2 Å². The summed E-state index contributed by atoms with van der Waals surface area (Å²) in [4.78, 5) is 12.7. The average Bonchev–Trinajstić information content (AvgIpc) is 3.21. The van der Waals surface area contributed by atoms with E-state index in [1.165, 1.54) is 49.6 Å². The molecule has 1 aliphatic heterocycles. The minimum absolute atomic E-state index is 0.0230. The number of benzene rings is 3. The maximum atomic E-state index is 13.0. The van der Waals surface area contributed by atoms with Crippen LogP contribution >= 0.6 is 11.6 Å². The summed E-state index contributed by atoms with van der Waals surface area (Å²) in [5.74, 6) is 0.881. The lowest BCUT2D eigenvalue weighted by atomic mass is 10.2. The van der Waals surface area contributed by atoms with Crippen molar-refractivity contribution in [2.45, 2.75) is 9.79 Å². The van der Waals surface area contributed by atoms with Gasteiger partial charge in [0, 0.05) is 22.3 Å². The first-order valence-electron chi connectivity index (χ1n) is 8.77. The van der Waals surface area contributed by atoms with Crippen LogP contribution in [0.2, 0.25) is 5.02 Å². The van der Waals surface area contributed by atoms with Crippen LogP contribution in [0.1, 0.15) is 10.4 Å². The Bertz CT molecular complexity index is 1220. The highest BCUT2D eigenvalue weighted by Crippen LogP contribution is 2.33. The number of fused-ring (bicyclic) bond motifs is 1. The molecule has 7 nitrogen and oxygen atoms in total. The molecule has 1 aliphatic rings. The van der Waals surface area contributed by atoms with E-state index < -0.39 is 15.7 Å². The van der Waals surface area contributed by atoms with Gasteiger partial charge in [0.1, 0.15) is 5.75 Å². The van der Waals surface area contributed by atoms with Gasteiger partial charge in [-0.25, -0.2) is 8.42 Å². The van der Waals surface area contributed by atoms with Gasteiger partial charge in [-0.1, -0.05) is 11.6 Å². The van der Waals surface area contributed by atoms with Gasteiger partial charge in [-0.3, -0.25) is 4.79 Å². The van der Waals surface area contributed by atoms with Crippen molar-refractivity contribution in [2.24, 2.45) is 0 Å². The number of ether oxygens (including phenoxy) is 3. The first kappa shape index (κ1) is 20.1. The second-order valence-electron chi connectivity index (χ2n) is 6.38. The number of carbonyl (C=O) groups is 1. The van der Waals surface area contributed by atoms with Gasteiger partial charge >= 0.3 is 0 Å². The summed E-state index contributed by atoms with van der Waals surface area (Å²) < 4.78 is 41.8. The molecule has 0 saturated carbocycles. The van der Waals surface area contributed by atoms with Gasteiger partial charge in [-0.2, -0.15) is 0 Å². The van der Waals surface area contributed by atoms with Gasteiger partial charge in [0.05, 0.1) is 16.9 Å². The fraction of sp³-hybridized carbons (Fsp3) is 0.0952. The number of carbonyl (C=O) groups excluding carboxylic acids is 1. The summed E-state index contributed by atoms with van der Waals surface area (Å²) in [5, 5.41) is 3.12. The Labute approximate surface area is 178 Å². The quantitative estimate of drug-likeness (QED) is 0.634. The van der Waals surface area contributed by atoms with Crippen LogP contribution in [0.4, 0.5) is 5.69 Å². The Balaban J connectivity index is 1.66. The zero-order chi connectivity index (χ0) is 21.3.